The Balaban J connectivity index is 1.19. The Morgan fingerprint density at radius 3 is 2.02 bits per heavy atom. The van der Waals surface area contributed by atoms with Gasteiger partial charge in [-0.15, -0.1) is 0 Å². The zero-order valence-corrected chi connectivity index (χ0v) is 28.1. The molecule has 3 heterocycles. The summed E-state index contributed by atoms with van der Waals surface area (Å²) in [6.45, 7) is 1.81. The quantitative estimate of drug-likeness (QED) is 0.0766. The van der Waals surface area contributed by atoms with E-state index in [1.807, 2.05) is 48.5 Å². The van der Waals surface area contributed by atoms with Gasteiger partial charge in [-0.3, -0.25) is 25.0 Å². The van der Waals surface area contributed by atoms with E-state index in [0.29, 0.717) is 22.6 Å². The van der Waals surface area contributed by atoms with Gasteiger partial charge in [0.1, 0.15) is 17.9 Å². The smallest absolute Gasteiger partial charge is 0.335 e. The average molecular weight is 691 g/mol. The highest BCUT2D eigenvalue weighted by Crippen LogP contribution is 2.50. The van der Waals surface area contributed by atoms with Crippen molar-refractivity contribution in [1.82, 2.24) is 5.32 Å². The van der Waals surface area contributed by atoms with Crippen LogP contribution >= 0.6 is 0 Å². The number of para-hydroxylation sites is 1. The Bertz CT molecular complexity index is 2180. The fourth-order valence-electron chi connectivity index (χ4n) is 7.67. The second kappa shape index (κ2) is 13.6. The highest BCUT2D eigenvalue weighted by molar-refractivity contribution is 6.39. The van der Waals surface area contributed by atoms with Crippen molar-refractivity contribution < 1.29 is 24.0 Å². The van der Waals surface area contributed by atoms with Crippen LogP contribution in [0.2, 0.25) is 0 Å². The molecule has 5 aromatic rings. The van der Waals surface area contributed by atoms with Crippen LogP contribution in [0, 0.1) is 10.1 Å². The van der Waals surface area contributed by atoms with E-state index in [9.17, 15) is 24.5 Å². The van der Waals surface area contributed by atoms with Crippen molar-refractivity contribution in [2.45, 2.75) is 31.3 Å². The predicted molar refractivity (Wildman–Crippen MR) is 197 cm³/mol. The number of amides is 4. The molecule has 0 saturated carbocycles. The maximum Gasteiger partial charge on any atom is 0.335 e. The van der Waals surface area contributed by atoms with E-state index in [0.717, 1.165) is 58.8 Å². The maximum atomic E-state index is 14.4. The molecule has 5 aromatic carbocycles. The summed E-state index contributed by atoms with van der Waals surface area (Å²) in [5, 5.41) is 13.7. The second-order valence-electron chi connectivity index (χ2n) is 13.2. The first-order chi connectivity index (χ1) is 25.4. The first kappa shape index (κ1) is 32.6. The number of hydrogen-bond acceptors (Lipinski definition) is 7. The minimum absolute atomic E-state index is 0.0205. The number of ether oxygens (including phenoxy) is 1. The number of nitrogens with one attached hydrogen (secondary N) is 1. The number of nitro groups is 1. The number of rotatable bonds is 8. The van der Waals surface area contributed by atoms with E-state index < -0.39 is 22.8 Å². The lowest BCUT2D eigenvalue weighted by molar-refractivity contribution is -0.384. The molecule has 52 heavy (non-hydrogen) atoms. The van der Waals surface area contributed by atoms with E-state index >= 15 is 0 Å². The van der Waals surface area contributed by atoms with Gasteiger partial charge in [-0.2, -0.15) is 0 Å². The number of nitrogens with zero attached hydrogens (tertiary/aromatic N) is 3. The van der Waals surface area contributed by atoms with Crippen molar-refractivity contribution in [2.24, 2.45) is 0 Å². The molecule has 0 spiro atoms. The molecule has 3 aliphatic rings. The molecule has 0 radical (unpaired) electrons. The largest absolute Gasteiger partial charge is 0.488 e. The third-order valence-electron chi connectivity index (χ3n) is 10.1. The van der Waals surface area contributed by atoms with Crippen LogP contribution in [-0.2, 0) is 16.2 Å². The van der Waals surface area contributed by atoms with Gasteiger partial charge in [0.2, 0.25) is 0 Å². The van der Waals surface area contributed by atoms with Gasteiger partial charge in [-0.1, -0.05) is 91.0 Å². The fraction of sp³-hybridized carbons (Fsp3) is 0.167. The summed E-state index contributed by atoms with van der Waals surface area (Å²) in [4.78, 5) is 55.6. The van der Waals surface area contributed by atoms with E-state index in [1.165, 1.54) is 18.2 Å². The van der Waals surface area contributed by atoms with Crippen LogP contribution in [0.15, 0.2) is 127 Å². The Hall–Kier alpha value is -6.55. The summed E-state index contributed by atoms with van der Waals surface area (Å²) in [7, 11) is 0. The van der Waals surface area contributed by atoms with E-state index in [1.54, 1.807) is 36.4 Å². The first-order valence-electron chi connectivity index (χ1n) is 17.2. The van der Waals surface area contributed by atoms with Crippen LogP contribution < -0.4 is 19.9 Å². The van der Waals surface area contributed by atoms with Crippen LogP contribution in [0.1, 0.15) is 58.1 Å². The Morgan fingerprint density at radius 2 is 1.38 bits per heavy atom. The number of barbiturate groups is 1. The molecule has 10 nitrogen and oxygen atoms in total. The van der Waals surface area contributed by atoms with Crippen LogP contribution in [0.25, 0.3) is 6.08 Å². The van der Waals surface area contributed by atoms with Crippen LogP contribution in [-0.4, -0.2) is 35.9 Å². The number of benzene rings is 5. The number of hydrogen-bond donors (Lipinski definition) is 1. The zero-order chi connectivity index (χ0) is 35.8. The molecule has 0 unspecified atom stereocenters. The lowest BCUT2D eigenvalue weighted by Gasteiger charge is -2.44. The van der Waals surface area contributed by atoms with Crippen molar-refractivity contribution in [3.05, 3.63) is 170 Å². The van der Waals surface area contributed by atoms with Gasteiger partial charge in [-0.05, 0) is 64.9 Å². The summed E-state index contributed by atoms with van der Waals surface area (Å²) in [6, 6.07) is 36.6. The van der Waals surface area contributed by atoms with Gasteiger partial charge >= 0.3 is 6.03 Å². The Morgan fingerprint density at radius 1 is 0.769 bits per heavy atom. The number of carbonyl (C=O) groups excluding carboxylic acids is 3. The number of imide groups is 2. The SMILES string of the molecule is O=C1NC(=O)N(c2cc3c4c(c2)[C@@H](c2ccccc2)CCN4CC[C@@H]3c2ccccc2)C(=O)/C1=C/c1ccccc1OCc1cccc([N+](=O)[O-])c1. The van der Waals surface area contributed by atoms with Crippen molar-refractivity contribution >= 4 is 41.0 Å². The molecule has 258 valence electrons. The van der Waals surface area contributed by atoms with E-state index in [-0.39, 0.29) is 29.7 Å². The molecule has 0 bridgehead atoms. The van der Waals surface area contributed by atoms with E-state index in [2.05, 4.69) is 34.5 Å². The van der Waals surface area contributed by atoms with Gasteiger partial charge in [-0.25, -0.2) is 9.69 Å². The number of carbonyl (C=O) groups is 3. The molecule has 1 N–H and O–H groups in total. The van der Waals surface area contributed by atoms with E-state index in [4.69, 9.17) is 4.74 Å². The van der Waals surface area contributed by atoms with Gasteiger partial charge in [0, 0.05) is 48.3 Å². The summed E-state index contributed by atoms with van der Waals surface area (Å²) >= 11 is 0. The van der Waals surface area contributed by atoms with Gasteiger partial charge in [0.25, 0.3) is 17.5 Å². The minimum Gasteiger partial charge on any atom is -0.488 e. The number of nitro benzene ring substituents is 1. The second-order valence-corrected chi connectivity index (χ2v) is 13.2. The van der Waals surface area contributed by atoms with Gasteiger partial charge < -0.3 is 9.64 Å². The molecule has 0 aromatic heterocycles. The molecule has 2 atom stereocenters. The topological polar surface area (TPSA) is 122 Å². The molecule has 8 rings (SSSR count). The number of anilines is 2. The summed E-state index contributed by atoms with van der Waals surface area (Å²) < 4.78 is 6.02. The lowest BCUT2D eigenvalue weighted by Crippen LogP contribution is -2.54. The molecule has 1 fully saturated rings. The zero-order valence-electron chi connectivity index (χ0n) is 28.1. The molecule has 10 heteroatoms. The standard InChI is InChI=1S/C42H34N4O6/c47-40-37(23-30-15-7-8-17-38(30)52-26-27-10-9-16-31(22-27)46(50)51)41(48)45(42(49)43-40)32-24-35-33(28-11-3-1-4-12-28)18-20-44-21-19-34(36(25-32)39(35)44)29-13-5-2-6-14-29/h1-17,22-25,33-34H,18-21,26H2,(H,43,47,49)/b37-23+/t33-,34-/m1/s1. The molecular weight excluding hydrogens is 656 g/mol. The highest BCUT2D eigenvalue weighted by Gasteiger charge is 2.40. The van der Waals surface area contributed by atoms with Crippen LogP contribution in [0.3, 0.4) is 0 Å². The van der Waals surface area contributed by atoms with Crippen molar-refractivity contribution in [1.29, 1.82) is 0 Å². The van der Waals surface area contributed by atoms with Crippen molar-refractivity contribution in [2.75, 3.05) is 22.9 Å². The number of non-ortho nitro benzene ring substituents is 1. The predicted octanol–water partition coefficient (Wildman–Crippen LogP) is 7.72. The minimum atomic E-state index is -0.814. The number of urea groups is 1. The molecule has 3 aliphatic heterocycles. The third kappa shape index (κ3) is 6.08. The third-order valence-corrected chi connectivity index (χ3v) is 10.1. The van der Waals surface area contributed by atoms with Crippen molar-refractivity contribution in [3.63, 3.8) is 0 Å². The highest BCUT2D eigenvalue weighted by atomic mass is 16.6. The first-order valence-corrected chi connectivity index (χ1v) is 17.2. The van der Waals surface area contributed by atoms with Gasteiger partial charge in [0.15, 0.2) is 0 Å². The summed E-state index contributed by atoms with van der Waals surface area (Å²) in [6.07, 6.45) is 3.18. The van der Waals surface area contributed by atoms with Crippen molar-refractivity contribution in [3.8, 4) is 5.75 Å². The molecule has 0 aliphatic carbocycles. The molecular formula is C42H34N4O6. The van der Waals surface area contributed by atoms with Crippen LogP contribution in [0.5, 0.6) is 5.75 Å². The molecule has 1 saturated heterocycles. The maximum absolute atomic E-state index is 14.4. The van der Waals surface area contributed by atoms with Gasteiger partial charge in [0.05, 0.1) is 10.6 Å². The monoisotopic (exact) mass is 690 g/mol. The Kier molecular flexibility index (Phi) is 8.56. The Labute approximate surface area is 300 Å². The summed E-state index contributed by atoms with van der Waals surface area (Å²) in [5.41, 5.74) is 6.71. The molecule has 4 amide bonds. The lowest BCUT2D eigenvalue weighted by atomic mass is 9.76. The van der Waals surface area contributed by atoms with Crippen LogP contribution in [0.4, 0.5) is 21.9 Å². The normalized spacial score (nSPS) is 18.9. The summed E-state index contributed by atoms with van der Waals surface area (Å²) in [5.74, 6) is -1.09. The fourth-order valence-corrected chi connectivity index (χ4v) is 7.67. The average Bonchev–Trinajstić information content (AvgIpc) is 3.17.